The van der Waals surface area contributed by atoms with Crippen LogP contribution in [-0.4, -0.2) is 42.2 Å². The summed E-state index contributed by atoms with van der Waals surface area (Å²) < 4.78 is 64.4. The highest BCUT2D eigenvalue weighted by Gasteiger charge is 2.58. The van der Waals surface area contributed by atoms with Crippen molar-refractivity contribution in [3.05, 3.63) is 71.3 Å². The summed E-state index contributed by atoms with van der Waals surface area (Å²) in [4.78, 5) is 13.4. The maximum absolute atomic E-state index is 13.4. The molecule has 0 spiro atoms. The van der Waals surface area contributed by atoms with Gasteiger partial charge in [-0.25, -0.2) is 0 Å². The van der Waals surface area contributed by atoms with Crippen LogP contribution in [0.3, 0.4) is 0 Å². The first-order valence-electron chi connectivity index (χ1n) is 12.1. The maximum Gasteiger partial charge on any atom is 0.416 e. The number of nitrogens with one attached hydrogen (secondary N) is 1. The molecule has 0 unspecified atom stereocenters. The average Bonchev–Trinajstić information content (AvgIpc) is 3.15. The summed E-state index contributed by atoms with van der Waals surface area (Å²) in [7, 11) is 0. The van der Waals surface area contributed by atoms with E-state index in [1.807, 2.05) is 30.3 Å². The first-order chi connectivity index (χ1) is 17.0. The molecule has 4 rings (SSSR count). The molecule has 196 valence electrons. The van der Waals surface area contributed by atoms with Gasteiger partial charge in [-0.1, -0.05) is 42.5 Å². The van der Waals surface area contributed by atoms with Gasteiger partial charge in [-0.15, -0.1) is 0 Å². The quantitative estimate of drug-likeness (QED) is 0.545. The van der Waals surface area contributed by atoms with Crippen LogP contribution in [0, 0.1) is 0 Å². The van der Waals surface area contributed by atoms with Crippen molar-refractivity contribution in [2.45, 2.75) is 82.7 Å². The lowest BCUT2D eigenvalue weighted by Crippen LogP contribution is -2.60. The number of rotatable bonds is 8. The van der Waals surface area contributed by atoms with Gasteiger partial charge in [0.25, 0.3) is 5.91 Å². The van der Waals surface area contributed by atoms with E-state index >= 15 is 0 Å². The lowest BCUT2D eigenvalue weighted by atomic mass is 9.78. The van der Waals surface area contributed by atoms with E-state index in [1.54, 1.807) is 26.8 Å². The molecule has 9 heteroatoms. The van der Waals surface area contributed by atoms with Gasteiger partial charge in [0.15, 0.2) is 11.4 Å². The Labute approximate surface area is 209 Å². The number of carbonyl (C=O) groups excluding carboxylic acids is 1. The summed E-state index contributed by atoms with van der Waals surface area (Å²) in [5, 5.41) is 2.83. The third-order valence-electron chi connectivity index (χ3n) is 6.48. The summed E-state index contributed by atoms with van der Waals surface area (Å²) in [6.45, 7) is 5.91. The molecule has 0 aromatic heterocycles. The highest BCUT2D eigenvalue weighted by atomic mass is 19.4. The second kappa shape index (κ2) is 10.5. The Kier molecular flexibility index (Phi) is 7.75. The molecule has 6 nitrogen and oxygen atoms in total. The Morgan fingerprint density at radius 3 is 2.44 bits per heavy atom. The summed E-state index contributed by atoms with van der Waals surface area (Å²) in [5.41, 5.74) is -0.846. The molecule has 2 aliphatic rings. The first kappa shape index (κ1) is 26.6. The molecule has 1 aliphatic carbocycles. The van der Waals surface area contributed by atoms with Gasteiger partial charge in [0, 0.05) is 19.4 Å². The van der Waals surface area contributed by atoms with E-state index in [1.165, 1.54) is 6.07 Å². The summed E-state index contributed by atoms with van der Waals surface area (Å²) in [6.07, 6.45) is -5.54. The zero-order chi connectivity index (χ0) is 26.0. The van der Waals surface area contributed by atoms with Crippen molar-refractivity contribution in [1.82, 2.24) is 5.32 Å². The molecule has 4 atom stereocenters. The molecule has 1 saturated carbocycles. The Hall–Kier alpha value is -2.46. The molecule has 2 fully saturated rings. The number of alkyl halides is 3. The number of ether oxygens (including phenoxy) is 4. The number of halogens is 3. The van der Waals surface area contributed by atoms with Crippen LogP contribution in [-0.2, 0) is 43.1 Å². The SMILES string of the molecule is CCNC(=O)[C@@]1(OCc2cccc(C(F)(F)F)c2)C[C@@H](OCc2ccccc2)[C@@H]2OC(C)(C)O[C@@H]2C1. The van der Waals surface area contributed by atoms with E-state index < -0.39 is 41.4 Å². The maximum atomic E-state index is 13.4. The number of likely N-dealkylation sites (N-methyl/N-ethyl adjacent to an activating group) is 1. The smallest absolute Gasteiger partial charge is 0.371 e. The fourth-order valence-corrected chi connectivity index (χ4v) is 4.87. The van der Waals surface area contributed by atoms with Gasteiger partial charge in [-0.05, 0) is 44.0 Å². The van der Waals surface area contributed by atoms with Crippen molar-refractivity contribution < 1.29 is 36.9 Å². The predicted octanol–water partition coefficient (Wildman–Crippen LogP) is 5.00. The number of hydrogen-bond acceptors (Lipinski definition) is 5. The Balaban J connectivity index is 1.59. The average molecular weight is 508 g/mol. The van der Waals surface area contributed by atoms with E-state index in [2.05, 4.69) is 5.32 Å². The molecular formula is C27H32F3NO5. The van der Waals surface area contributed by atoms with Gasteiger partial charge in [-0.2, -0.15) is 13.2 Å². The Morgan fingerprint density at radius 1 is 1.03 bits per heavy atom. The third-order valence-corrected chi connectivity index (χ3v) is 6.48. The monoisotopic (exact) mass is 507 g/mol. The van der Waals surface area contributed by atoms with E-state index in [4.69, 9.17) is 18.9 Å². The second-order valence-corrected chi connectivity index (χ2v) is 9.72. The Morgan fingerprint density at radius 2 is 1.75 bits per heavy atom. The summed E-state index contributed by atoms with van der Waals surface area (Å²) in [6, 6.07) is 14.6. The largest absolute Gasteiger partial charge is 0.416 e. The highest BCUT2D eigenvalue weighted by Crippen LogP contribution is 2.44. The molecule has 0 radical (unpaired) electrons. The Bertz CT molecular complexity index is 1050. The summed E-state index contributed by atoms with van der Waals surface area (Å²) >= 11 is 0. The minimum Gasteiger partial charge on any atom is -0.371 e. The molecule has 1 amide bonds. The topological polar surface area (TPSA) is 66.0 Å². The van der Waals surface area contributed by atoms with E-state index in [9.17, 15) is 18.0 Å². The predicted molar refractivity (Wildman–Crippen MR) is 126 cm³/mol. The normalized spacial score (nSPS) is 27.4. The molecule has 1 N–H and O–H groups in total. The molecule has 1 heterocycles. The van der Waals surface area contributed by atoms with Crippen molar-refractivity contribution in [2.75, 3.05) is 6.54 Å². The lowest BCUT2D eigenvalue weighted by Gasteiger charge is -2.43. The van der Waals surface area contributed by atoms with Crippen LogP contribution in [0.25, 0.3) is 0 Å². The van der Waals surface area contributed by atoms with Crippen LogP contribution >= 0.6 is 0 Å². The van der Waals surface area contributed by atoms with Crippen molar-refractivity contribution in [3.8, 4) is 0 Å². The fraction of sp³-hybridized carbons (Fsp3) is 0.519. The minimum atomic E-state index is -4.47. The van der Waals surface area contributed by atoms with Crippen molar-refractivity contribution in [1.29, 1.82) is 0 Å². The number of carbonyl (C=O) groups is 1. The first-order valence-corrected chi connectivity index (χ1v) is 12.1. The van der Waals surface area contributed by atoms with E-state index in [0.29, 0.717) is 18.7 Å². The molecule has 1 saturated heterocycles. The van der Waals surface area contributed by atoms with Gasteiger partial charge in [-0.3, -0.25) is 4.79 Å². The molecule has 0 bridgehead atoms. The fourth-order valence-electron chi connectivity index (χ4n) is 4.87. The number of amides is 1. The number of fused-ring (bicyclic) bond motifs is 1. The van der Waals surface area contributed by atoms with Gasteiger partial charge in [0.1, 0.15) is 6.10 Å². The van der Waals surface area contributed by atoms with Crippen LogP contribution < -0.4 is 5.32 Å². The highest BCUT2D eigenvalue weighted by molar-refractivity contribution is 5.85. The van der Waals surface area contributed by atoms with Gasteiger partial charge >= 0.3 is 6.18 Å². The standard InChI is InChI=1S/C27H32F3NO5/c1-4-31-24(32)26(34-17-19-11-8-12-20(13-19)27(28,29)30)14-21(33-16-18-9-6-5-7-10-18)23-22(15-26)35-25(2,3)36-23/h5-13,21-23H,4,14-17H2,1-3H3,(H,31,32)/t21-,22-,23+,26-/m1/s1. The van der Waals surface area contributed by atoms with Crippen molar-refractivity contribution in [2.24, 2.45) is 0 Å². The lowest BCUT2D eigenvalue weighted by molar-refractivity contribution is -0.183. The van der Waals surface area contributed by atoms with E-state index in [-0.39, 0.29) is 25.4 Å². The van der Waals surface area contributed by atoms with Gasteiger partial charge in [0.2, 0.25) is 0 Å². The van der Waals surface area contributed by atoms with Crippen LogP contribution in [0.4, 0.5) is 13.2 Å². The molecule has 2 aromatic carbocycles. The van der Waals surface area contributed by atoms with E-state index in [0.717, 1.165) is 17.7 Å². The third kappa shape index (κ3) is 6.08. The molecular weight excluding hydrogens is 475 g/mol. The molecule has 2 aromatic rings. The molecule has 36 heavy (non-hydrogen) atoms. The van der Waals surface area contributed by atoms with Crippen LogP contribution in [0.5, 0.6) is 0 Å². The van der Waals surface area contributed by atoms with Crippen LogP contribution in [0.2, 0.25) is 0 Å². The zero-order valence-electron chi connectivity index (χ0n) is 20.6. The van der Waals surface area contributed by atoms with Gasteiger partial charge < -0.3 is 24.3 Å². The number of benzene rings is 2. The van der Waals surface area contributed by atoms with Crippen molar-refractivity contribution >= 4 is 5.91 Å². The van der Waals surface area contributed by atoms with Crippen LogP contribution in [0.1, 0.15) is 50.3 Å². The number of hydrogen-bond donors (Lipinski definition) is 1. The summed E-state index contributed by atoms with van der Waals surface area (Å²) in [5.74, 6) is -1.22. The second-order valence-electron chi connectivity index (χ2n) is 9.72. The van der Waals surface area contributed by atoms with Crippen LogP contribution in [0.15, 0.2) is 54.6 Å². The zero-order valence-corrected chi connectivity index (χ0v) is 20.6. The van der Waals surface area contributed by atoms with Crippen molar-refractivity contribution in [3.63, 3.8) is 0 Å². The minimum absolute atomic E-state index is 0.172. The molecule has 1 aliphatic heterocycles. The van der Waals surface area contributed by atoms with Gasteiger partial charge in [0.05, 0.1) is 31.0 Å².